The lowest BCUT2D eigenvalue weighted by Crippen LogP contribution is -1.92. The molecule has 0 aliphatic heterocycles. The second-order valence-corrected chi connectivity index (χ2v) is 5.60. The minimum atomic E-state index is 0.465. The van der Waals surface area contributed by atoms with Gasteiger partial charge in [0.05, 0.1) is 0 Å². The molecule has 102 valence electrons. The lowest BCUT2D eigenvalue weighted by atomic mass is 9.98. The van der Waals surface area contributed by atoms with E-state index in [0.717, 1.165) is 24.0 Å². The first-order valence-electron chi connectivity index (χ1n) is 7.29. The average Bonchev–Trinajstić information content (AvgIpc) is 2.91. The van der Waals surface area contributed by atoms with Crippen molar-refractivity contribution in [3.63, 3.8) is 0 Å². The Labute approximate surface area is 124 Å². The van der Waals surface area contributed by atoms with Gasteiger partial charge in [0.15, 0.2) is 0 Å². The molecule has 1 heteroatoms. The fraction of sp³-hybridized carbons (Fsp3) is 0.100. The summed E-state index contributed by atoms with van der Waals surface area (Å²) in [5, 5.41) is 10.6. The van der Waals surface area contributed by atoms with E-state index in [1.165, 1.54) is 22.3 Å². The number of hydrogen-bond donors (Lipinski definition) is 1. The summed E-state index contributed by atoms with van der Waals surface area (Å²) < 4.78 is 0. The van der Waals surface area contributed by atoms with Crippen LogP contribution in [0.4, 0.5) is 0 Å². The Morgan fingerprint density at radius 2 is 1.52 bits per heavy atom. The smallest absolute Gasteiger partial charge is 0.123 e. The van der Waals surface area contributed by atoms with Gasteiger partial charge in [0, 0.05) is 18.4 Å². The predicted octanol–water partition coefficient (Wildman–Crippen LogP) is 4.55. The van der Waals surface area contributed by atoms with Gasteiger partial charge in [-0.25, -0.2) is 0 Å². The second kappa shape index (κ2) is 4.78. The Bertz CT molecular complexity index is 803. The van der Waals surface area contributed by atoms with Crippen LogP contribution in [0.15, 0.2) is 66.7 Å². The molecule has 0 radical (unpaired) electrons. The molecule has 4 rings (SSSR count). The molecule has 21 heavy (non-hydrogen) atoms. The van der Waals surface area contributed by atoms with Crippen LogP contribution >= 0.6 is 0 Å². The molecule has 1 N–H and O–H groups in total. The lowest BCUT2D eigenvalue weighted by molar-refractivity contribution is 0.464. The maximum Gasteiger partial charge on any atom is 0.123 e. The first-order valence-corrected chi connectivity index (χ1v) is 7.29. The quantitative estimate of drug-likeness (QED) is 0.567. The highest BCUT2D eigenvalue weighted by Gasteiger charge is 2.22. The molecular formula is C20H16O. The van der Waals surface area contributed by atoms with Gasteiger partial charge in [0.1, 0.15) is 5.75 Å². The average molecular weight is 272 g/mol. The Kier molecular flexibility index (Phi) is 2.78. The summed E-state index contributed by atoms with van der Waals surface area (Å²) in [6.45, 7) is 0. The van der Waals surface area contributed by atoms with Crippen molar-refractivity contribution >= 4 is 0 Å². The fourth-order valence-corrected chi connectivity index (χ4v) is 3.20. The van der Waals surface area contributed by atoms with E-state index < -0.39 is 0 Å². The summed E-state index contributed by atoms with van der Waals surface area (Å²) in [4.78, 5) is 0. The highest BCUT2D eigenvalue weighted by molar-refractivity contribution is 5.79. The van der Waals surface area contributed by atoms with E-state index in [4.69, 9.17) is 0 Å². The molecule has 3 aromatic rings. The molecule has 0 aromatic heterocycles. The minimum absolute atomic E-state index is 0.465. The van der Waals surface area contributed by atoms with Crippen molar-refractivity contribution in [2.24, 2.45) is 0 Å². The van der Waals surface area contributed by atoms with Crippen LogP contribution in [0.5, 0.6) is 5.75 Å². The summed E-state index contributed by atoms with van der Waals surface area (Å²) in [7, 11) is 0. The lowest BCUT2D eigenvalue weighted by Gasteiger charge is -2.10. The largest absolute Gasteiger partial charge is 0.507 e. The number of phenolic OH excluding ortho intramolecular Hbond substituents is 1. The zero-order chi connectivity index (χ0) is 14.2. The Morgan fingerprint density at radius 1 is 0.762 bits per heavy atom. The van der Waals surface area contributed by atoms with Crippen molar-refractivity contribution in [1.29, 1.82) is 0 Å². The molecule has 0 heterocycles. The third kappa shape index (κ3) is 2.02. The first kappa shape index (κ1) is 12.2. The molecule has 0 amide bonds. The summed E-state index contributed by atoms with van der Waals surface area (Å²) in [5.41, 5.74) is 7.05. The fourth-order valence-electron chi connectivity index (χ4n) is 3.20. The van der Waals surface area contributed by atoms with E-state index in [-0.39, 0.29) is 0 Å². The van der Waals surface area contributed by atoms with Crippen molar-refractivity contribution in [3.8, 4) is 16.9 Å². The highest BCUT2D eigenvalue weighted by atomic mass is 16.3. The number of hydrogen-bond acceptors (Lipinski definition) is 1. The van der Waals surface area contributed by atoms with Crippen molar-refractivity contribution in [2.45, 2.75) is 12.8 Å². The number of phenols is 1. The molecular weight excluding hydrogens is 256 g/mol. The van der Waals surface area contributed by atoms with Gasteiger partial charge < -0.3 is 5.11 Å². The van der Waals surface area contributed by atoms with Gasteiger partial charge in [-0.05, 0) is 27.8 Å². The number of rotatable bonds is 2. The van der Waals surface area contributed by atoms with E-state index in [0.29, 0.717) is 5.75 Å². The molecule has 0 unspecified atom stereocenters. The monoisotopic (exact) mass is 272 g/mol. The molecule has 0 saturated heterocycles. The van der Waals surface area contributed by atoms with Crippen LogP contribution in [0, 0.1) is 0 Å². The topological polar surface area (TPSA) is 20.2 Å². The molecule has 1 nitrogen and oxygen atoms in total. The zero-order valence-corrected chi connectivity index (χ0v) is 11.7. The van der Waals surface area contributed by atoms with E-state index in [9.17, 15) is 5.11 Å². The first-order chi connectivity index (χ1) is 10.3. The van der Waals surface area contributed by atoms with Gasteiger partial charge in [-0.2, -0.15) is 0 Å². The third-order valence-corrected chi connectivity index (χ3v) is 4.28. The highest BCUT2D eigenvalue weighted by Crippen LogP contribution is 2.42. The van der Waals surface area contributed by atoms with Crippen LogP contribution in [0.25, 0.3) is 11.1 Å². The molecule has 0 atom stereocenters. The van der Waals surface area contributed by atoms with Crippen LogP contribution in [-0.2, 0) is 12.8 Å². The normalized spacial score (nSPS) is 12.0. The van der Waals surface area contributed by atoms with Crippen molar-refractivity contribution in [3.05, 3.63) is 89.0 Å². The van der Waals surface area contributed by atoms with Crippen molar-refractivity contribution in [2.75, 3.05) is 0 Å². The van der Waals surface area contributed by atoms with Crippen LogP contribution in [0.3, 0.4) is 0 Å². The van der Waals surface area contributed by atoms with Gasteiger partial charge >= 0.3 is 0 Å². The SMILES string of the molecule is Oc1c(Cc2ccccc2)ccc2c1Cc1ccccc1-2. The number of aromatic hydroxyl groups is 1. The number of benzene rings is 3. The summed E-state index contributed by atoms with van der Waals surface area (Å²) in [6, 6.07) is 22.9. The second-order valence-electron chi connectivity index (χ2n) is 5.60. The summed E-state index contributed by atoms with van der Waals surface area (Å²) in [5.74, 6) is 0.465. The minimum Gasteiger partial charge on any atom is -0.507 e. The van der Waals surface area contributed by atoms with Gasteiger partial charge in [-0.3, -0.25) is 0 Å². The predicted molar refractivity (Wildman–Crippen MR) is 85.6 cm³/mol. The van der Waals surface area contributed by atoms with Gasteiger partial charge in [0.25, 0.3) is 0 Å². The maximum atomic E-state index is 10.6. The Hall–Kier alpha value is -2.54. The van der Waals surface area contributed by atoms with Crippen molar-refractivity contribution < 1.29 is 5.11 Å². The molecule has 0 saturated carbocycles. The van der Waals surface area contributed by atoms with E-state index in [1.807, 2.05) is 18.2 Å². The zero-order valence-electron chi connectivity index (χ0n) is 11.7. The molecule has 0 bridgehead atoms. The molecule has 0 spiro atoms. The van der Waals surface area contributed by atoms with E-state index >= 15 is 0 Å². The molecule has 3 aromatic carbocycles. The third-order valence-electron chi connectivity index (χ3n) is 4.28. The Morgan fingerprint density at radius 3 is 2.38 bits per heavy atom. The molecule has 0 fully saturated rings. The molecule has 1 aliphatic rings. The standard InChI is InChI=1S/C20H16O/c21-20-16(12-14-6-2-1-3-7-14)10-11-18-17-9-5-4-8-15(17)13-19(18)20/h1-11,21H,12-13H2. The van der Waals surface area contributed by atoms with Crippen LogP contribution in [0.2, 0.25) is 0 Å². The maximum absolute atomic E-state index is 10.6. The summed E-state index contributed by atoms with van der Waals surface area (Å²) >= 11 is 0. The van der Waals surface area contributed by atoms with Gasteiger partial charge in [0.2, 0.25) is 0 Å². The van der Waals surface area contributed by atoms with Gasteiger partial charge in [-0.15, -0.1) is 0 Å². The van der Waals surface area contributed by atoms with Crippen LogP contribution in [-0.4, -0.2) is 5.11 Å². The van der Waals surface area contributed by atoms with E-state index in [2.05, 4.69) is 48.5 Å². The Balaban J connectivity index is 1.76. The summed E-state index contributed by atoms with van der Waals surface area (Å²) in [6.07, 6.45) is 1.61. The van der Waals surface area contributed by atoms with Crippen molar-refractivity contribution in [1.82, 2.24) is 0 Å². The number of fused-ring (bicyclic) bond motifs is 3. The van der Waals surface area contributed by atoms with Gasteiger partial charge in [-0.1, -0.05) is 66.7 Å². The van der Waals surface area contributed by atoms with Crippen LogP contribution in [0.1, 0.15) is 22.3 Å². The molecule has 1 aliphatic carbocycles. The van der Waals surface area contributed by atoms with Crippen LogP contribution < -0.4 is 0 Å². The van der Waals surface area contributed by atoms with E-state index in [1.54, 1.807) is 0 Å².